The van der Waals surface area contributed by atoms with E-state index in [1.165, 1.54) is 0 Å². The van der Waals surface area contributed by atoms with Crippen LogP contribution in [0.1, 0.15) is 47.0 Å². The van der Waals surface area contributed by atoms with Crippen molar-refractivity contribution >= 4 is 28.2 Å². The Morgan fingerprint density at radius 2 is 1.73 bits per heavy atom. The summed E-state index contributed by atoms with van der Waals surface area (Å²) < 4.78 is 0. The van der Waals surface area contributed by atoms with E-state index in [9.17, 15) is 9.59 Å². The van der Waals surface area contributed by atoms with Crippen LogP contribution in [-0.2, 0) is 9.59 Å². The Kier molecular flexibility index (Phi) is 3.60. The van der Waals surface area contributed by atoms with E-state index in [2.05, 4.69) is 39.0 Å². The Balaban J connectivity index is 1.83. The molecule has 2 bridgehead atoms. The van der Waals surface area contributed by atoms with Gasteiger partial charge in [-0.3, -0.25) is 9.59 Å². The molecule has 136 valence electrons. The average molecular weight is 349 g/mol. The Hall–Kier alpha value is -2.16. The number of benzene rings is 2. The lowest BCUT2D eigenvalue weighted by Crippen LogP contribution is -2.49. The molecule has 0 N–H and O–H groups in total. The zero-order valence-corrected chi connectivity index (χ0v) is 16.1. The molecule has 2 saturated carbocycles. The summed E-state index contributed by atoms with van der Waals surface area (Å²) in [5.41, 5.74) is -0.313. The summed E-state index contributed by atoms with van der Waals surface area (Å²) in [6, 6.07) is 14.3. The predicted octanol–water partition coefficient (Wildman–Crippen LogP) is 4.98. The summed E-state index contributed by atoms with van der Waals surface area (Å²) in [5.74, 6) is 0.381. The summed E-state index contributed by atoms with van der Waals surface area (Å²) in [4.78, 5) is 28.6. The fourth-order valence-corrected chi connectivity index (χ4v) is 5.46. The number of ketones is 1. The van der Waals surface area contributed by atoms with Gasteiger partial charge in [-0.15, -0.1) is 0 Å². The predicted molar refractivity (Wildman–Crippen MR) is 105 cm³/mol. The van der Waals surface area contributed by atoms with Gasteiger partial charge >= 0.3 is 0 Å². The summed E-state index contributed by atoms with van der Waals surface area (Å²) >= 11 is 0. The van der Waals surface area contributed by atoms with Crippen LogP contribution in [0.25, 0.3) is 10.8 Å². The highest BCUT2D eigenvalue weighted by Crippen LogP contribution is 2.71. The third kappa shape index (κ3) is 1.89. The molecule has 0 heterocycles. The van der Waals surface area contributed by atoms with Crippen LogP contribution >= 0.6 is 0 Å². The van der Waals surface area contributed by atoms with Crippen molar-refractivity contribution in [3.63, 3.8) is 0 Å². The Labute approximate surface area is 155 Å². The molecule has 1 amide bonds. The van der Waals surface area contributed by atoms with Crippen molar-refractivity contribution in [2.24, 2.45) is 16.2 Å². The lowest BCUT2D eigenvalue weighted by atomic mass is 9.64. The highest BCUT2D eigenvalue weighted by atomic mass is 16.2. The minimum Gasteiger partial charge on any atom is -0.312 e. The van der Waals surface area contributed by atoms with E-state index in [4.69, 9.17) is 0 Å². The van der Waals surface area contributed by atoms with Gasteiger partial charge in [-0.1, -0.05) is 57.2 Å². The first-order valence-electron chi connectivity index (χ1n) is 9.61. The van der Waals surface area contributed by atoms with Crippen LogP contribution in [0.5, 0.6) is 0 Å². The quantitative estimate of drug-likeness (QED) is 0.784. The van der Waals surface area contributed by atoms with Gasteiger partial charge in [-0.05, 0) is 36.6 Å². The van der Waals surface area contributed by atoms with Gasteiger partial charge in [0.15, 0.2) is 0 Å². The number of amides is 1. The molecule has 2 aromatic carbocycles. The molecule has 2 atom stereocenters. The van der Waals surface area contributed by atoms with Crippen molar-refractivity contribution in [2.75, 3.05) is 11.4 Å². The zero-order chi connectivity index (χ0) is 18.7. The normalized spacial score (nSPS) is 29.3. The molecule has 3 heteroatoms. The van der Waals surface area contributed by atoms with Crippen molar-refractivity contribution in [3.05, 3.63) is 42.5 Å². The van der Waals surface area contributed by atoms with E-state index < -0.39 is 5.41 Å². The van der Waals surface area contributed by atoms with E-state index in [0.717, 1.165) is 29.3 Å². The topological polar surface area (TPSA) is 37.4 Å². The molecule has 26 heavy (non-hydrogen) atoms. The maximum absolute atomic E-state index is 13.9. The van der Waals surface area contributed by atoms with E-state index in [0.29, 0.717) is 13.0 Å². The van der Waals surface area contributed by atoms with Crippen molar-refractivity contribution in [3.8, 4) is 0 Å². The highest BCUT2D eigenvalue weighted by molar-refractivity contribution is 6.09. The summed E-state index contributed by atoms with van der Waals surface area (Å²) in [7, 11) is 0. The number of hydrogen-bond donors (Lipinski definition) is 0. The van der Waals surface area contributed by atoms with Crippen LogP contribution in [0.4, 0.5) is 5.69 Å². The molecule has 2 unspecified atom stereocenters. The van der Waals surface area contributed by atoms with Gasteiger partial charge in [-0.25, -0.2) is 0 Å². The van der Waals surface area contributed by atoms with Crippen molar-refractivity contribution in [1.82, 2.24) is 0 Å². The molecule has 4 rings (SSSR count). The molecule has 0 saturated heterocycles. The molecule has 0 radical (unpaired) electrons. The van der Waals surface area contributed by atoms with Crippen LogP contribution in [0.15, 0.2) is 42.5 Å². The van der Waals surface area contributed by atoms with Gasteiger partial charge in [0.2, 0.25) is 5.91 Å². The molecule has 0 aromatic heterocycles. The van der Waals surface area contributed by atoms with Gasteiger partial charge in [0.25, 0.3) is 0 Å². The largest absolute Gasteiger partial charge is 0.312 e. The molecular formula is C23H27NO2. The van der Waals surface area contributed by atoms with Crippen LogP contribution in [-0.4, -0.2) is 18.2 Å². The maximum atomic E-state index is 13.9. The second kappa shape index (κ2) is 5.42. The first kappa shape index (κ1) is 17.3. The van der Waals surface area contributed by atoms with Gasteiger partial charge in [0, 0.05) is 23.8 Å². The number of carbonyl (C=O) groups excluding carboxylic acids is 2. The van der Waals surface area contributed by atoms with Crippen molar-refractivity contribution in [2.45, 2.75) is 47.0 Å². The summed E-state index contributed by atoms with van der Waals surface area (Å²) in [6.45, 7) is 8.94. The van der Waals surface area contributed by atoms with E-state index in [1.54, 1.807) is 0 Å². The molecule has 2 aromatic rings. The number of anilines is 1. The van der Waals surface area contributed by atoms with Crippen LogP contribution in [0.3, 0.4) is 0 Å². The Morgan fingerprint density at radius 1 is 1.04 bits per heavy atom. The number of Topliss-reactive ketones (excluding diaryl/α,β-unsaturated/α-hetero) is 1. The van der Waals surface area contributed by atoms with Crippen LogP contribution in [0.2, 0.25) is 0 Å². The van der Waals surface area contributed by atoms with Gasteiger partial charge in [0.05, 0.1) is 11.1 Å². The summed E-state index contributed by atoms with van der Waals surface area (Å²) in [5, 5.41) is 2.22. The first-order valence-corrected chi connectivity index (χ1v) is 9.61. The second-order valence-electron chi connectivity index (χ2n) is 8.69. The molecule has 0 spiro atoms. The van der Waals surface area contributed by atoms with Crippen LogP contribution < -0.4 is 4.90 Å². The van der Waals surface area contributed by atoms with E-state index >= 15 is 0 Å². The van der Waals surface area contributed by atoms with Gasteiger partial charge in [0.1, 0.15) is 5.78 Å². The van der Waals surface area contributed by atoms with Crippen molar-refractivity contribution in [1.29, 1.82) is 0 Å². The third-order valence-corrected chi connectivity index (χ3v) is 7.73. The van der Waals surface area contributed by atoms with E-state index in [1.807, 2.05) is 36.1 Å². The third-order valence-electron chi connectivity index (χ3n) is 7.73. The number of nitrogens with zero attached hydrogens (tertiary/aromatic N) is 1. The number of hydrogen-bond acceptors (Lipinski definition) is 2. The standard InChI is InChI=1S/C23H27NO2/c1-5-24(18-12-8-10-16-9-6-7-11-17(16)18)20(26)23-14-13-22(4,19(25)15-23)21(23,2)3/h6-12H,5,13-15H2,1-4H3. The van der Waals surface area contributed by atoms with Gasteiger partial charge < -0.3 is 4.90 Å². The second-order valence-corrected chi connectivity index (χ2v) is 8.69. The molecule has 3 nitrogen and oxygen atoms in total. The fourth-order valence-electron chi connectivity index (χ4n) is 5.46. The molecule has 0 aliphatic heterocycles. The molecular weight excluding hydrogens is 322 g/mol. The Morgan fingerprint density at radius 3 is 2.35 bits per heavy atom. The maximum Gasteiger partial charge on any atom is 0.234 e. The first-order chi connectivity index (χ1) is 12.3. The SMILES string of the molecule is CCN(C(=O)C12CCC(C)(C(=O)C1)C2(C)C)c1cccc2ccccc12. The Bertz CT molecular complexity index is 910. The average Bonchev–Trinajstić information content (AvgIpc) is 2.93. The number of fused-ring (bicyclic) bond motifs is 3. The summed E-state index contributed by atoms with van der Waals surface area (Å²) in [6.07, 6.45) is 2.01. The van der Waals surface area contributed by atoms with Gasteiger partial charge in [-0.2, -0.15) is 0 Å². The highest BCUT2D eigenvalue weighted by Gasteiger charge is 2.73. The van der Waals surface area contributed by atoms with Crippen LogP contribution in [0, 0.1) is 16.2 Å². The zero-order valence-electron chi connectivity index (χ0n) is 16.1. The molecule has 2 fully saturated rings. The number of carbonyl (C=O) groups is 2. The minimum absolute atomic E-state index is 0.121. The fraction of sp³-hybridized carbons (Fsp3) is 0.478. The smallest absolute Gasteiger partial charge is 0.234 e. The monoisotopic (exact) mass is 349 g/mol. The number of rotatable bonds is 3. The minimum atomic E-state index is -0.578. The van der Waals surface area contributed by atoms with E-state index in [-0.39, 0.29) is 22.5 Å². The van der Waals surface area contributed by atoms with Crippen molar-refractivity contribution < 1.29 is 9.59 Å². The lowest BCUT2D eigenvalue weighted by Gasteiger charge is -2.41. The molecule has 2 aliphatic rings. The lowest BCUT2D eigenvalue weighted by molar-refractivity contribution is -0.134. The molecule has 2 aliphatic carbocycles.